The lowest BCUT2D eigenvalue weighted by Gasteiger charge is -2.23. The van der Waals surface area contributed by atoms with Gasteiger partial charge >= 0.3 is 0 Å². The molecule has 0 amide bonds. The van der Waals surface area contributed by atoms with Crippen molar-refractivity contribution in [3.8, 4) is 22.3 Å². The molecule has 1 aliphatic rings. The molecule has 6 aromatic carbocycles. The molecule has 7 rings (SSSR count). The van der Waals surface area contributed by atoms with Crippen LogP contribution in [0.5, 0.6) is 0 Å². The van der Waals surface area contributed by atoms with Crippen LogP contribution in [0.1, 0.15) is 42.5 Å². The van der Waals surface area contributed by atoms with Crippen molar-refractivity contribution in [1.82, 2.24) is 0 Å². The van der Waals surface area contributed by atoms with Gasteiger partial charge in [0, 0.05) is 5.41 Å². The van der Waals surface area contributed by atoms with Crippen LogP contribution in [-0.4, -0.2) is 0 Å². The fourth-order valence-electron chi connectivity index (χ4n) is 6.54. The third-order valence-corrected chi connectivity index (χ3v) is 8.59. The molecular formula is C38H32. The van der Waals surface area contributed by atoms with Crippen LogP contribution in [0.3, 0.4) is 0 Å². The van der Waals surface area contributed by atoms with Gasteiger partial charge < -0.3 is 0 Å². The van der Waals surface area contributed by atoms with Crippen molar-refractivity contribution in [3.05, 3.63) is 144 Å². The van der Waals surface area contributed by atoms with Crippen molar-refractivity contribution < 1.29 is 0 Å². The molecule has 0 aromatic heterocycles. The van der Waals surface area contributed by atoms with Crippen molar-refractivity contribution >= 4 is 21.5 Å². The van der Waals surface area contributed by atoms with Crippen molar-refractivity contribution in [2.75, 3.05) is 0 Å². The normalized spacial score (nSPS) is 13.5. The van der Waals surface area contributed by atoms with Gasteiger partial charge in [0.15, 0.2) is 0 Å². The monoisotopic (exact) mass is 488 g/mol. The van der Waals surface area contributed by atoms with Gasteiger partial charge in [-0.1, -0.05) is 123 Å². The van der Waals surface area contributed by atoms with Crippen LogP contribution >= 0.6 is 0 Å². The highest BCUT2D eigenvalue weighted by Crippen LogP contribution is 2.50. The maximum Gasteiger partial charge on any atom is 0.0159 e. The molecule has 0 saturated heterocycles. The van der Waals surface area contributed by atoms with Crippen LogP contribution in [0.15, 0.2) is 121 Å². The van der Waals surface area contributed by atoms with Crippen molar-refractivity contribution in [3.63, 3.8) is 0 Å². The first-order valence-corrected chi connectivity index (χ1v) is 13.8. The molecule has 0 heterocycles. The molecule has 0 nitrogen and oxygen atoms in total. The molecule has 0 unspecified atom stereocenters. The Balaban J connectivity index is 1.26. The summed E-state index contributed by atoms with van der Waals surface area (Å²) in [5.74, 6) is 0. The topological polar surface area (TPSA) is 0 Å². The SMILES string of the molecule is CC1(C)c2cc(CCCc3ccccc3)ccc2-c2ccc(-c3cc4ccccc4c4ccccc34)cc21. The zero-order chi connectivity index (χ0) is 25.7. The van der Waals surface area contributed by atoms with Gasteiger partial charge in [-0.15, -0.1) is 0 Å². The van der Waals surface area contributed by atoms with Gasteiger partial charge in [-0.2, -0.15) is 0 Å². The van der Waals surface area contributed by atoms with E-state index in [2.05, 4.69) is 135 Å². The molecule has 0 aliphatic heterocycles. The Morgan fingerprint density at radius 3 is 1.92 bits per heavy atom. The summed E-state index contributed by atoms with van der Waals surface area (Å²) in [5.41, 5.74) is 11.1. The summed E-state index contributed by atoms with van der Waals surface area (Å²) in [6, 6.07) is 45.1. The predicted molar refractivity (Wildman–Crippen MR) is 163 cm³/mol. The lowest BCUT2D eigenvalue weighted by molar-refractivity contribution is 0.658. The first kappa shape index (κ1) is 23.0. The Morgan fingerprint density at radius 2 is 1.11 bits per heavy atom. The van der Waals surface area contributed by atoms with E-state index in [0.29, 0.717) is 0 Å². The third-order valence-electron chi connectivity index (χ3n) is 8.59. The van der Waals surface area contributed by atoms with Crippen LogP contribution in [0, 0.1) is 0 Å². The molecule has 38 heavy (non-hydrogen) atoms. The van der Waals surface area contributed by atoms with Gasteiger partial charge in [-0.05, 0) is 97.4 Å². The Morgan fingerprint density at radius 1 is 0.474 bits per heavy atom. The quantitative estimate of drug-likeness (QED) is 0.212. The second-order valence-electron chi connectivity index (χ2n) is 11.3. The Kier molecular flexibility index (Phi) is 5.44. The van der Waals surface area contributed by atoms with E-state index in [-0.39, 0.29) is 5.41 Å². The number of aryl methyl sites for hydroxylation is 2. The highest BCUT2D eigenvalue weighted by atomic mass is 14.4. The van der Waals surface area contributed by atoms with E-state index in [0.717, 1.165) is 12.8 Å². The molecule has 0 bridgehead atoms. The molecule has 1 aliphatic carbocycles. The Bertz CT molecular complexity index is 1800. The van der Waals surface area contributed by atoms with Crippen LogP contribution in [0.25, 0.3) is 43.8 Å². The van der Waals surface area contributed by atoms with Gasteiger partial charge in [0.1, 0.15) is 0 Å². The molecule has 0 radical (unpaired) electrons. The van der Waals surface area contributed by atoms with E-state index in [4.69, 9.17) is 0 Å². The van der Waals surface area contributed by atoms with Crippen LogP contribution in [-0.2, 0) is 18.3 Å². The standard InChI is InChI=1S/C38H32/c1-38(2)36-23-27(14-10-13-26-11-4-3-5-12-26)19-21-33(36)34-22-20-29(25-37(34)38)35-24-28-15-6-7-16-30(28)31-17-8-9-18-32(31)35/h3-9,11-12,15-25H,10,13-14H2,1-2H3. The zero-order valence-corrected chi connectivity index (χ0v) is 22.2. The first-order chi connectivity index (χ1) is 18.6. The highest BCUT2D eigenvalue weighted by Gasteiger charge is 2.35. The smallest absolute Gasteiger partial charge is 0.0159 e. The van der Waals surface area contributed by atoms with Gasteiger partial charge in [0.2, 0.25) is 0 Å². The van der Waals surface area contributed by atoms with E-state index in [1.165, 1.54) is 72.5 Å². The minimum Gasteiger partial charge on any atom is -0.0622 e. The number of hydrogen-bond acceptors (Lipinski definition) is 0. The number of hydrogen-bond donors (Lipinski definition) is 0. The summed E-state index contributed by atoms with van der Waals surface area (Å²) in [5, 5.41) is 5.26. The fourth-order valence-corrected chi connectivity index (χ4v) is 6.54. The summed E-state index contributed by atoms with van der Waals surface area (Å²) in [6.45, 7) is 4.79. The molecule has 0 fully saturated rings. The second-order valence-corrected chi connectivity index (χ2v) is 11.3. The van der Waals surface area contributed by atoms with Gasteiger partial charge in [-0.3, -0.25) is 0 Å². The van der Waals surface area contributed by atoms with E-state index < -0.39 is 0 Å². The van der Waals surface area contributed by atoms with E-state index in [9.17, 15) is 0 Å². The van der Waals surface area contributed by atoms with E-state index >= 15 is 0 Å². The number of rotatable bonds is 5. The minimum atomic E-state index is -0.0250. The zero-order valence-electron chi connectivity index (χ0n) is 22.2. The molecular weight excluding hydrogens is 456 g/mol. The van der Waals surface area contributed by atoms with Crippen LogP contribution < -0.4 is 0 Å². The summed E-state index contributed by atoms with van der Waals surface area (Å²) in [7, 11) is 0. The average Bonchev–Trinajstić information content (AvgIpc) is 3.19. The fraction of sp³-hybridized carbons (Fsp3) is 0.158. The first-order valence-electron chi connectivity index (χ1n) is 13.8. The Labute approximate surface area is 225 Å². The summed E-state index contributed by atoms with van der Waals surface area (Å²) >= 11 is 0. The highest BCUT2D eigenvalue weighted by molar-refractivity contribution is 6.13. The van der Waals surface area contributed by atoms with Gasteiger partial charge in [0.05, 0.1) is 0 Å². The van der Waals surface area contributed by atoms with E-state index in [1.54, 1.807) is 0 Å². The Hall–Kier alpha value is -4.16. The molecule has 184 valence electrons. The molecule has 0 atom stereocenters. The summed E-state index contributed by atoms with van der Waals surface area (Å²) < 4.78 is 0. The van der Waals surface area contributed by atoms with Gasteiger partial charge in [0.25, 0.3) is 0 Å². The van der Waals surface area contributed by atoms with Crippen molar-refractivity contribution in [1.29, 1.82) is 0 Å². The predicted octanol–water partition coefficient (Wildman–Crippen LogP) is 10.1. The molecule has 0 heteroatoms. The lowest BCUT2D eigenvalue weighted by atomic mass is 9.80. The average molecular weight is 489 g/mol. The van der Waals surface area contributed by atoms with Crippen LogP contribution in [0.2, 0.25) is 0 Å². The number of fused-ring (bicyclic) bond motifs is 6. The van der Waals surface area contributed by atoms with Crippen molar-refractivity contribution in [2.24, 2.45) is 0 Å². The summed E-state index contributed by atoms with van der Waals surface area (Å²) in [6.07, 6.45) is 3.42. The summed E-state index contributed by atoms with van der Waals surface area (Å²) in [4.78, 5) is 0. The van der Waals surface area contributed by atoms with E-state index in [1.807, 2.05) is 0 Å². The molecule has 6 aromatic rings. The lowest BCUT2D eigenvalue weighted by Crippen LogP contribution is -2.15. The molecule has 0 saturated carbocycles. The minimum absolute atomic E-state index is 0.0250. The second kappa shape index (κ2) is 8.99. The van der Waals surface area contributed by atoms with Crippen LogP contribution in [0.4, 0.5) is 0 Å². The van der Waals surface area contributed by atoms with Crippen molar-refractivity contribution in [2.45, 2.75) is 38.5 Å². The molecule has 0 spiro atoms. The third kappa shape index (κ3) is 3.75. The maximum absolute atomic E-state index is 2.48. The van der Waals surface area contributed by atoms with Gasteiger partial charge in [-0.25, -0.2) is 0 Å². The maximum atomic E-state index is 2.48. The molecule has 0 N–H and O–H groups in total. The number of benzene rings is 6. The largest absolute Gasteiger partial charge is 0.0622 e.